The van der Waals surface area contributed by atoms with Crippen LogP contribution in [0.25, 0.3) is 0 Å². The summed E-state index contributed by atoms with van der Waals surface area (Å²) >= 11 is 0. The summed E-state index contributed by atoms with van der Waals surface area (Å²) in [5, 5.41) is 9.21. The van der Waals surface area contributed by atoms with Gasteiger partial charge in [-0.25, -0.2) is 9.78 Å². The van der Waals surface area contributed by atoms with Crippen molar-refractivity contribution in [3.8, 4) is 0 Å². The van der Waals surface area contributed by atoms with Crippen molar-refractivity contribution in [3.05, 3.63) is 23.9 Å². The van der Waals surface area contributed by atoms with E-state index in [-0.39, 0.29) is 5.56 Å². The minimum absolute atomic E-state index is 0.269. The van der Waals surface area contributed by atoms with Crippen molar-refractivity contribution in [1.29, 1.82) is 0 Å². The zero-order valence-electron chi connectivity index (χ0n) is 9.87. The van der Waals surface area contributed by atoms with Gasteiger partial charge in [0.25, 0.3) is 5.91 Å². The maximum absolute atomic E-state index is 11.3. The van der Waals surface area contributed by atoms with E-state index in [0.717, 1.165) is 12.8 Å². The van der Waals surface area contributed by atoms with Crippen molar-refractivity contribution >= 4 is 17.7 Å². The number of primary amides is 1. The third kappa shape index (κ3) is 2.27. The lowest BCUT2D eigenvalue weighted by Crippen LogP contribution is -2.46. The topological polar surface area (TPSA) is 96.5 Å². The highest BCUT2D eigenvalue weighted by atomic mass is 16.4. The maximum Gasteiger partial charge on any atom is 0.326 e. The average Bonchev–Trinajstić information content (AvgIpc) is 2.38. The summed E-state index contributed by atoms with van der Waals surface area (Å²) in [4.78, 5) is 28.4. The molecule has 18 heavy (non-hydrogen) atoms. The van der Waals surface area contributed by atoms with E-state index in [2.05, 4.69) is 4.98 Å². The maximum atomic E-state index is 11.3. The highest BCUT2D eigenvalue weighted by Crippen LogP contribution is 2.25. The fourth-order valence-corrected chi connectivity index (χ4v) is 2.26. The number of aromatic nitrogens is 1. The van der Waals surface area contributed by atoms with Gasteiger partial charge in [-0.1, -0.05) is 0 Å². The monoisotopic (exact) mass is 249 g/mol. The first kappa shape index (κ1) is 12.3. The smallest absolute Gasteiger partial charge is 0.326 e. The number of carboxylic acids is 1. The zero-order valence-corrected chi connectivity index (χ0v) is 9.87. The van der Waals surface area contributed by atoms with Gasteiger partial charge >= 0.3 is 5.97 Å². The van der Waals surface area contributed by atoms with Crippen molar-refractivity contribution in [2.24, 2.45) is 5.73 Å². The van der Waals surface area contributed by atoms with Crippen LogP contribution in [0.5, 0.6) is 0 Å². The molecule has 0 bridgehead atoms. The number of hydrogen-bond donors (Lipinski definition) is 2. The molecular weight excluding hydrogens is 234 g/mol. The first-order valence-electron chi connectivity index (χ1n) is 5.85. The van der Waals surface area contributed by atoms with E-state index in [4.69, 9.17) is 5.73 Å². The number of rotatable bonds is 3. The summed E-state index contributed by atoms with van der Waals surface area (Å²) < 4.78 is 0. The summed E-state index contributed by atoms with van der Waals surface area (Å²) in [6.07, 6.45) is 3.85. The second kappa shape index (κ2) is 5.03. The molecule has 1 aliphatic rings. The molecule has 1 aromatic rings. The van der Waals surface area contributed by atoms with Crippen LogP contribution in [0.3, 0.4) is 0 Å². The van der Waals surface area contributed by atoms with Crippen LogP contribution in [0.1, 0.15) is 29.6 Å². The van der Waals surface area contributed by atoms with Crippen LogP contribution in [0.2, 0.25) is 0 Å². The largest absolute Gasteiger partial charge is 0.480 e. The average molecular weight is 249 g/mol. The highest BCUT2D eigenvalue weighted by Gasteiger charge is 2.31. The molecule has 6 heteroatoms. The number of amides is 1. The Balaban J connectivity index is 2.39. The first-order chi connectivity index (χ1) is 8.61. The molecule has 6 nitrogen and oxygen atoms in total. The Labute approximate surface area is 104 Å². The fourth-order valence-electron chi connectivity index (χ4n) is 2.26. The summed E-state index contributed by atoms with van der Waals surface area (Å²) in [5.74, 6) is -1.11. The Morgan fingerprint density at radius 2 is 2.22 bits per heavy atom. The number of hydrogen-bond acceptors (Lipinski definition) is 4. The molecular formula is C12H15N3O3. The quantitative estimate of drug-likeness (QED) is 0.818. The minimum atomic E-state index is -0.893. The van der Waals surface area contributed by atoms with Gasteiger partial charge in [0.2, 0.25) is 0 Å². The molecule has 0 aliphatic carbocycles. The van der Waals surface area contributed by atoms with Gasteiger partial charge in [-0.3, -0.25) is 4.79 Å². The molecule has 1 atom stereocenters. The van der Waals surface area contributed by atoms with E-state index in [1.807, 2.05) is 0 Å². The van der Waals surface area contributed by atoms with Gasteiger partial charge in [-0.15, -0.1) is 0 Å². The molecule has 1 aromatic heterocycles. The number of carbonyl (C=O) groups excluding carboxylic acids is 1. The number of nitrogens with two attached hydrogens (primary N) is 1. The van der Waals surface area contributed by atoms with Gasteiger partial charge in [-0.2, -0.15) is 0 Å². The lowest BCUT2D eigenvalue weighted by atomic mass is 10.0. The summed E-state index contributed by atoms with van der Waals surface area (Å²) in [7, 11) is 0. The first-order valence-corrected chi connectivity index (χ1v) is 5.85. The number of aliphatic carboxylic acids is 1. The number of nitrogens with zero attached hydrogens (tertiary/aromatic N) is 2. The Kier molecular flexibility index (Phi) is 3.45. The molecule has 0 spiro atoms. The molecule has 1 saturated heterocycles. The van der Waals surface area contributed by atoms with Gasteiger partial charge in [0.15, 0.2) is 0 Å². The normalized spacial score (nSPS) is 19.6. The molecule has 0 aromatic carbocycles. The molecule has 1 fully saturated rings. The summed E-state index contributed by atoms with van der Waals surface area (Å²) in [6.45, 7) is 0.578. The Bertz CT molecular complexity index is 475. The SMILES string of the molecule is NC(=O)c1cccnc1N1CCCCC1C(=O)O. The van der Waals surface area contributed by atoms with Gasteiger partial charge in [-0.05, 0) is 31.4 Å². The second-order valence-corrected chi connectivity index (χ2v) is 4.28. The fraction of sp³-hybridized carbons (Fsp3) is 0.417. The Morgan fingerprint density at radius 3 is 2.89 bits per heavy atom. The van der Waals surface area contributed by atoms with Crippen LogP contribution < -0.4 is 10.6 Å². The lowest BCUT2D eigenvalue weighted by Gasteiger charge is -2.34. The van der Waals surface area contributed by atoms with E-state index in [0.29, 0.717) is 18.8 Å². The van der Waals surface area contributed by atoms with Gasteiger partial charge < -0.3 is 15.7 Å². The van der Waals surface area contributed by atoms with Gasteiger partial charge in [0, 0.05) is 12.7 Å². The molecule has 96 valence electrons. The third-order valence-corrected chi connectivity index (χ3v) is 3.11. The van der Waals surface area contributed by atoms with E-state index in [1.165, 1.54) is 6.20 Å². The van der Waals surface area contributed by atoms with E-state index < -0.39 is 17.9 Å². The second-order valence-electron chi connectivity index (χ2n) is 4.28. The van der Waals surface area contributed by atoms with E-state index in [9.17, 15) is 14.7 Å². The number of pyridine rings is 1. The summed E-state index contributed by atoms with van der Waals surface area (Å²) in [6, 6.07) is 2.55. The molecule has 2 rings (SSSR count). The predicted octanol–water partition coefficient (Wildman–Crippen LogP) is 0.624. The predicted molar refractivity (Wildman–Crippen MR) is 65.4 cm³/mol. The molecule has 0 saturated carbocycles. The highest BCUT2D eigenvalue weighted by molar-refractivity contribution is 5.98. The Morgan fingerprint density at radius 1 is 1.44 bits per heavy atom. The number of anilines is 1. The molecule has 0 radical (unpaired) electrons. The molecule has 2 heterocycles. The minimum Gasteiger partial charge on any atom is -0.480 e. The lowest BCUT2D eigenvalue weighted by molar-refractivity contribution is -0.139. The standard InChI is InChI=1S/C12H15N3O3/c13-10(16)8-4-3-6-14-11(8)15-7-2-1-5-9(15)12(17)18/h3-4,6,9H,1-2,5,7H2,(H2,13,16)(H,17,18). The molecule has 1 aliphatic heterocycles. The van der Waals surface area contributed by atoms with Crippen molar-refractivity contribution in [1.82, 2.24) is 4.98 Å². The third-order valence-electron chi connectivity index (χ3n) is 3.11. The zero-order chi connectivity index (χ0) is 13.1. The van der Waals surface area contributed by atoms with Crippen molar-refractivity contribution in [2.75, 3.05) is 11.4 Å². The van der Waals surface area contributed by atoms with Crippen molar-refractivity contribution in [2.45, 2.75) is 25.3 Å². The van der Waals surface area contributed by atoms with Crippen LogP contribution >= 0.6 is 0 Å². The van der Waals surface area contributed by atoms with Crippen molar-refractivity contribution in [3.63, 3.8) is 0 Å². The van der Waals surface area contributed by atoms with Gasteiger partial charge in [0.05, 0.1) is 5.56 Å². The number of carboxylic acid groups (broad SMARTS) is 1. The van der Waals surface area contributed by atoms with Crippen LogP contribution in [-0.4, -0.2) is 34.6 Å². The number of piperidine rings is 1. The molecule has 1 unspecified atom stereocenters. The van der Waals surface area contributed by atoms with Gasteiger partial charge in [0.1, 0.15) is 11.9 Å². The summed E-state index contributed by atoms with van der Waals surface area (Å²) in [5.41, 5.74) is 5.56. The van der Waals surface area contributed by atoms with Crippen molar-refractivity contribution < 1.29 is 14.7 Å². The van der Waals surface area contributed by atoms with Crippen LogP contribution in [0.4, 0.5) is 5.82 Å². The number of carbonyl (C=O) groups is 2. The van der Waals surface area contributed by atoms with E-state index >= 15 is 0 Å². The van der Waals surface area contributed by atoms with Crippen LogP contribution in [-0.2, 0) is 4.79 Å². The molecule has 1 amide bonds. The van der Waals surface area contributed by atoms with Crippen LogP contribution in [0, 0.1) is 0 Å². The van der Waals surface area contributed by atoms with Crippen LogP contribution in [0.15, 0.2) is 18.3 Å². The molecule has 3 N–H and O–H groups in total. The Hall–Kier alpha value is -2.11. The van der Waals surface area contributed by atoms with E-state index in [1.54, 1.807) is 17.0 Å².